The maximum atomic E-state index is 10.2. The van der Waals surface area contributed by atoms with Gasteiger partial charge in [0.25, 0.3) is 0 Å². The highest BCUT2D eigenvalue weighted by Gasteiger charge is 2.28. The van der Waals surface area contributed by atoms with Crippen LogP contribution in [0.4, 0.5) is 0 Å². The highest BCUT2D eigenvalue weighted by atomic mass is 32.1. The van der Waals surface area contributed by atoms with Gasteiger partial charge < -0.3 is 15.2 Å². The summed E-state index contributed by atoms with van der Waals surface area (Å²) in [7, 11) is 0. The van der Waals surface area contributed by atoms with Gasteiger partial charge in [0.05, 0.1) is 16.8 Å². The van der Waals surface area contributed by atoms with Gasteiger partial charge >= 0.3 is 0 Å². The summed E-state index contributed by atoms with van der Waals surface area (Å²) in [5, 5.41) is 13.6. The van der Waals surface area contributed by atoms with E-state index in [1.54, 1.807) is 11.3 Å². The molecule has 1 fully saturated rings. The fourth-order valence-electron chi connectivity index (χ4n) is 2.02. The van der Waals surface area contributed by atoms with Crippen LogP contribution in [0.1, 0.15) is 23.4 Å². The number of aliphatic hydroxyl groups is 1. The molecule has 1 aliphatic rings. The predicted octanol–water partition coefficient (Wildman–Crippen LogP) is 1.13. The minimum Gasteiger partial charge on any atom is -0.388 e. The summed E-state index contributed by atoms with van der Waals surface area (Å²) in [4.78, 5) is 5.55. The van der Waals surface area contributed by atoms with E-state index in [0.29, 0.717) is 19.8 Å². The molecule has 1 aromatic heterocycles. The van der Waals surface area contributed by atoms with Gasteiger partial charge in [-0.2, -0.15) is 0 Å². The van der Waals surface area contributed by atoms with Gasteiger partial charge in [0.1, 0.15) is 0 Å². The number of nitrogens with one attached hydrogen (secondary N) is 1. The van der Waals surface area contributed by atoms with Crippen molar-refractivity contribution in [2.75, 3.05) is 26.3 Å². The summed E-state index contributed by atoms with van der Waals surface area (Å²) in [5.41, 5.74) is 2.44. The summed E-state index contributed by atoms with van der Waals surface area (Å²) in [6.45, 7) is 4.94. The number of aromatic nitrogens is 1. The Morgan fingerprint density at radius 3 is 2.94 bits per heavy atom. The van der Waals surface area contributed by atoms with Crippen molar-refractivity contribution in [3.63, 3.8) is 0 Å². The van der Waals surface area contributed by atoms with Crippen LogP contribution in [0, 0.1) is 6.92 Å². The van der Waals surface area contributed by atoms with E-state index in [9.17, 15) is 5.11 Å². The van der Waals surface area contributed by atoms with Gasteiger partial charge in [-0.1, -0.05) is 0 Å². The Morgan fingerprint density at radius 1 is 1.53 bits per heavy atom. The highest BCUT2D eigenvalue weighted by Crippen LogP contribution is 2.19. The zero-order valence-corrected chi connectivity index (χ0v) is 11.1. The number of rotatable bonds is 5. The Morgan fingerprint density at radius 2 is 2.29 bits per heavy atom. The zero-order valence-electron chi connectivity index (χ0n) is 10.2. The van der Waals surface area contributed by atoms with Crippen LogP contribution in [0.5, 0.6) is 0 Å². The quantitative estimate of drug-likeness (QED) is 0.775. The Balaban J connectivity index is 1.67. The molecule has 0 bridgehead atoms. The lowest BCUT2D eigenvalue weighted by Gasteiger charge is -2.32. The van der Waals surface area contributed by atoms with E-state index in [2.05, 4.69) is 10.3 Å². The zero-order chi connectivity index (χ0) is 12.1. The summed E-state index contributed by atoms with van der Waals surface area (Å²) in [6.07, 6.45) is 2.46. The van der Waals surface area contributed by atoms with Gasteiger partial charge in [-0.3, -0.25) is 0 Å². The maximum absolute atomic E-state index is 10.2. The van der Waals surface area contributed by atoms with Gasteiger partial charge in [0, 0.05) is 44.0 Å². The van der Waals surface area contributed by atoms with E-state index in [1.165, 1.54) is 4.88 Å². The fraction of sp³-hybridized carbons (Fsp3) is 0.750. The molecule has 2 rings (SSSR count). The Kier molecular flexibility index (Phi) is 4.50. The molecule has 96 valence electrons. The van der Waals surface area contributed by atoms with Crippen LogP contribution >= 0.6 is 11.3 Å². The molecule has 1 aromatic rings. The van der Waals surface area contributed by atoms with Crippen molar-refractivity contribution in [3.05, 3.63) is 16.1 Å². The lowest BCUT2D eigenvalue weighted by Crippen LogP contribution is -2.45. The molecule has 0 aromatic carbocycles. The average Bonchev–Trinajstić information content (AvgIpc) is 2.72. The second kappa shape index (κ2) is 5.91. The molecule has 1 saturated heterocycles. The van der Waals surface area contributed by atoms with Crippen LogP contribution in [-0.2, 0) is 11.2 Å². The first-order chi connectivity index (χ1) is 8.20. The second-order valence-corrected chi connectivity index (χ2v) is 5.56. The second-order valence-electron chi connectivity index (χ2n) is 4.62. The first-order valence-corrected chi connectivity index (χ1v) is 6.97. The monoisotopic (exact) mass is 256 g/mol. The van der Waals surface area contributed by atoms with E-state index >= 15 is 0 Å². The highest BCUT2D eigenvalue weighted by molar-refractivity contribution is 7.09. The molecule has 2 heterocycles. The number of hydrogen-bond donors (Lipinski definition) is 2. The first-order valence-electron chi connectivity index (χ1n) is 6.09. The van der Waals surface area contributed by atoms with E-state index in [0.717, 1.165) is 31.5 Å². The Labute approximate surface area is 106 Å². The normalized spacial score (nSPS) is 19.4. The summed E-state index contributed by atoms with van der Waals surface area (Å²) in [5.74, 6) is 0. The molecular weight excluding hydrogens is 236 g/mol. The van der Waals surface area contributed by atoms with Crippen molar-refractivity contribution in [1.29, 1.82) is 0 Å². The van der Waals surface area contributed by atoms with Gasteiger partial charge in [0.2, 0.25) is 0 Å². The lowest BCUT2D eigenvalue weighted by atomic mass is 9.94. The summed E-state index contributed by atoms with van der Waals surface area (Å²) >= 11 is 1.70. The van der Waals surface area contributed by atoms with E-state index in [4.69, 9.17) is 4.74 Å². The Hall–Kier alpha value is -0.490. The van der Waals surface area contributed by atoms with E-state index < -0.39 is 5.60 Å². The molecule has 4 nitrogen and oxygen atoms in total. The third-order valence-electron chi connectivity index (χ3n) is 3.25. The van der Waals surface area contributed by atoms with Gasteiger partial charge in [-0.05, 0) is 13.3 Å². The summed E-state index contributed by atoms with van der Waals surface area (Å²) < 4.78 is 5.25. The van der Waals surface area contributed by atoms with Crippen LogP contribution in [0.25, 0.3) is 0 Å². The van der Waals surface area contributed by atoms with Crippen molar-refractivity contribution < 1.29 is 9.84 Å². The van der Waals surface area contributed by atoms with Crippen LogP contribution in [0.15, 0.2) is 5.51 Å². The van der Waals surface area contributed by atoms with Crippen LogP contribution in [0.2, 0.25) is 0 Å². The molecule has 0 atom stereocenters. The number of nitrogens with zero attached hydrogens (tertiary/aromatic N) is 1. The number of thiazole rings is 1. The first kappa shape index (κ1) is 13.0. The molecular formula is C12H20N2O2S. The Bertz CT molecular complexity index is 348. The SMILES string of the molecule is Cc1ncsc1CCNCC1(O)CCOCC1. The minimum atomic E-state index is -0.568. The number of aryl methyl sites for hydroxylation is 1. The number of hydrogen-bond acceptors (Lipinski definition) is 5. The molecule has 1 aliphatic heterocycles. The molecule has 0 aliphatic carbocycles. The summed E-state index contributed by atoms with van der Waals surface area (Å²) in [6, 6.07) is 0. The largest absolute Gasteiger partial charge is 0.388 e. The predicted molar refractivity (Wildman–Crippen MR) is 68.4 cm³/mol. The molecule has 0 unspecified atom stereocenters. The number of ether oxygens (including phenoxy) is 1. The lowest BCUT2D eigenvalue weighted by molar-refractivity contribution is -0.0613. The van der Waals surface area contributed by atoms with Crippen molar-refractivity contribution in [1.82, 2.24) is 10.3 Å². The topological polar surface area (TPSA) is 54.4 Å². The molecule has 0 radical (unpaired) electrons. The van der Waals surface area contributed by atoms with Crippen LogP contribution in [0.3, 0.4) is 0 Å². The molecule has 17 heavy (non-hydrogen) atoms. The average molecular weight is 256 g/mol. The van der Waals surface area contributed by atoms with Crippen molar-refractivity contribution in [2.45, 2.75) is 31.8 Å². The fourth-order valence-corrected chi connectivity index (χ4v) is 2.80. The van der Waals surface area contributed by atoms with Gasteiger partial charge in [-0.25, -0.2) is 4.98 Å². The molecule has 0 amide bonds. The minimum absolute atomic E-state index is 0.568. The molecule has 5 heteroatoms. The van der Waals surface area contributed by atoms with Gasteiger partial charge in [0.15, 0.2) is 0 Å². The van der Waals surface area contributed by atoms with Crippen molar-refractivity contribution in [2.24, 2.45) is 0 Å². The standard InChI is InChI=1S/C12H20N2O2S/c1-10-11(17-9-14-10)2-5-13-8-12(15)3-6-16-7-4-12/h9,13,15H,2-8H2,1H3. The van der Waals surface area contributed by atoms with E-state index in [-0.39, 0.29) is 0 Å². The van der Waals surface area contributed by atoms with Crippen molar-refractivity contribution in [3.8, 4) is 0 Å². The maximum Gasteiger partial charge on any atom is 0.0815 e. The third-order valence-corrected chi connectivity index (χ3v) is 4.25. The van der Waals surface area contributed by atoms with Gasteiger partial charge in [-0.15, -0.1) is 11.3 Å². The third kappa shape index (κ3) is 3.74. The van der Waals surface area contributed by atoms with Crippen LogP contribution < -0.4 is 5.32 Å². The molecule has 2 N–H and O–H groups in total. The van der Waals surface area contributed by atoms with Crippen LogP contribution in [-0.4, -0.2) is 42.0 Å². The molecule has 0 spiro atoms. The smallest absolute Gasteiger partial charge is 0.0815 e. The van der Waals surface area contributed by atoms with Crippen molar-refractivity contribution >= 4 is 11.3 Å². The van der Waals surface area contributed by atoms with E-state index in [1.807, 2.05) is 12.4 Å². The molecule has 0 saturated carbocycles.